The third-order valence-electron chi connectivity index (χ3n) is 4.43. The Morgan fingerprint density at radius 3 is 2.30 bits per heavy atom. The maximum absolute atomic E-state index is 13.3. The first-order valence-corrected chi connectivity index (χ1v) is 8.27. The van der Waals surface area contributed by atoms with E-state index in [0.29, 0.717) is 16.9 Å². The molecule has 2 aromatic rings. The molecule has 0 saturated carbocycles. The molecule has 0 aromatic heterocycles. The number of benzene rings is 2. The summed E-state index contributed by atoms with van der Waals surface area (Å²) in [4.78, 5) is 26.2. The van der Waals surface area contributed by atoms with Crippen LogP contribution in [0.4, 0.5) is 4.39 Å². The highest BCUT2D eigenvalue weighted by Gasteiger charge is 2.45. The number of hydrogen-bond acceptors (Lipinski definition) is 5. The Kier molecular flexibility index (Phi) is 5.23. The van der Waals surface area contributed by atoms with Crippen LogP contribution in [0.3, 0.4) is 0 Å². The van der Waals surface area contributed by atoms with Crippen molar-refractivity contribution in [3.8, 4) is 5.75 Å². The minimum absolute atomic E-state index is 0.0913. The van der Waals surface area contributed by atoms with Gasteiger partial charge < -0.3 is 19.8 Å². The standard InChI is InChI=1S/C20H18FNO5/c1-27-15-8-4-13(5-9-15)18(24)16-17(12-2-6-14(21)7-3-12)22(10-11-23)20(26)19(16)25/h2-9,17,23-24H,10-11H2,1H3/b18-16-. The van der Waals surface area contributed by atoms with E-state index in [1.165, 1.54) is 36.3 Å². The van der Waals surface area contributed by atoms with Gasteiger partial charge in [-0.3, -0.25) is 9.59 Å². The van der Waals surface area contributed by atoms with Crippen molar-refractivity contribution in [2.45, 2.75) is 6.04 Å². The second-order valence-electron chi connectivity index (χ2n) is 6.00. The monoisotopic (exact) mass is 371 g/mol. The van der Waals surface area contributed by atoms with Gasteiger partial charge in [0.2, 0.25) is 0 Å². The molecule has 1 fully saturated rings. The van der Waals surface area contributed by atoms with Gasteiger partial charge in [0.1, 0.15) is 17.3 Å². The van der Waals surface area contributed by atoms with Crippen LogP contribution in [0, 0.1) is 5.82 Å². The van der Waals surface area contributed by atoms with E-state index >= 15 is 0 Å². The van der Waals surface area contributed by atoms with E-state index < -0.39 is 23.5 Å². The molecule has 7 heteroatoms. The number of methoxy groups -OCH3 is 1. The second-order valence-corrected chi connectivity index (χ2v) is 6.00. The molecule has 2 N–H and O–H groups in total. The number of halogens is 1. The Labute approximate surface area is 155 Å². The minimum atomic E-state index is -0.917. The highest BCUT2D eigenvalue weighted by molar-refractivity contribution is 6.46. The lowest BCUT2D eigenvalue weighted by Gasteiger charge is -2.24. The van der Waals surface area contributed by atoms with Gasteiger partial charge in [-0.05, 0) is 42.0 Å². The van der Waals surface area contributed by atoms with Crippen molar-refractivity contribution in [1.29, 1.82) is 0 Å². The summed E-state index contributed by atoms with van der Waals surface area (Å²) in [6.07, 6.45) is 0. The molecule has 0 aliphatic carbocycles. The second kappa shape index (κ2) is 7.59. The molecule has 1 amide bonds. The minimum Gasteiger partial charge on any atom is -0.507 e. The molecular weight excluding hydrogens is 353 g/mol. The molecule has 1 heterocycles. The van der Waals surface area contributed by atoms with Crippen molar-refractivity contribution in [2.75, 3.05) is 20.3 Å². The highest BCUT2D eigenvalue weighted by Crippen LogP contribution is 2.39. The molecule has 0 bridgehead atoms. The molecule has 1 unspecified atom stereocenters. The zero-order chi connectivity index (χ0) is 19.6. The van der Waals surface area contributed by atoms with Crippen LogP contribution in [0.1, 0.15) is 17.2 Å². The fourth-order valence-electron chi connectivity index (χ4n) is 3.11. The van der Waals surface area contributed by atoms with Gasteiger partial charge in [0.15, 0.2) is 0 Å². The van der Waals surface area contributed by atoms with Gasteiger partial charge in [-0.1, -0.05) is 12.1 Å². The first kappa shape index (κ1) is 18.6. The Bertz CT molecular complexity index is 890. The zero-order valence-corrected chi connectivity index (χ0v) is 14.6. The fourth-order valence-corrected chi connectivity index (χ4v) is 3.11. The van der Waals surface area contributed by atoms with Crippen LogP contribution in [0.2, 0.25) is 0 Å². The van der Waals surface area contributed by atoms with E-state index in [2.05, 4.69) is 0 Å². The van der Waals surface area contributed by atoms with Crippen molar-refractivity contribution >= 4 is 17.4 Å². The number of likely N-dealkylation sites (tertiary alicyclic amines) is 1. The van der Waals surface area contributed by atoms with E-state index in [4.69, 9.17) is 4.74 Å². The summed E-state index contributed by atoms with van der Waals surface area (Å²) in [6, 6.07) is 10.8. The molecule has 0 radical (unpaired) electrons. The van der Waals surface area contributed by atoms with E-state index in [1.54, 1.807) is 24.3 Å². The van der Waals surface area contributed by atoms with Crippen molar-refractivity contribution in [1.82, 2.24) is 4.90 Å². The van der Waals surface area contributed by atoms with E-state index in [-0.39, 0.29) is 24.5 Å². The summed E-state index contributed by atoms with van der Waals surface area (Å²) in [6.45, 7) is -0.445. The lowest BCUT2D eigenvalue weighted by atomic mass is 9.95. The largest absolute Gasteiger partial charge is 0.507 e. The molecule has 2 aromatic carbocycles. The zero-order valence-electron chi connectivity index (χ0n) is 14.6. The first-order chi connectivity index (χ1) is 13.0. The number of Topliss-reactive ketones (excluding diaryl/α,β-unsaturated/α-hetero) is 1. The molecule has 3 rings (SSSR count). The number of ether oxygens (including phenoxy) is 1. The number of hydrogen-bond donors (Lipinski definition) is 2. The Morgan fingerprint density at radius 2 is 1.74 bits per heavy atom. The molecular formula is C20H18FNO5. The fraction of sp³-hybridized carbons (Fsp3) is 0.200. The summed E-state index contributed by atoms with van der Waals surface area (Å²) < 4.78 is 18.4. The predicted molar refractivity (Wildman–Crippen MR) is 95.5 cm³/mol. The van der Waals surface area contributed by atoms with Crippen LogP contribution in [0.25, 0.3) is 5.76 Å². The van der Waals surface area contributed by atoms with E-state index in [9.17, 15) is 24.2 Å². The Hall–Kier alpha value is -3.19. The SMILES string of the molecule is COc1ccc(/C(O)=C2/C(=O)C(=O)N(CCO)C2c2ccc(F)cc2)cc1. The summed E-state index contributed by atoms with van der Waals surface area (Å²) in [5.41, 5.74) is 0.689. The van der Waals surface area contributed by atoms with Crippen LogP contribution in [0.15, 0.2) is 54.1 Å². The number of aliphatic hydroxyl groups excluding tert-OH is 2. The van der Waals surface area contributed by atoms with Crippen molar-refractivity contribution < 1.29 is 28.9 Å². The molecule has 1 aliphatic heterocycles. The van der Waals surface area contributed by atoms with E-state index in [1.807, 2.05) is 0 Å². The number of β-amino-alcohol motifs (C(OH)–C–C–N with tert-alkyl or cyclic N) is 1. The number of aliphatic hydroxyl groups is 2. The molecule has 1 atom stereocenters. The quantitative estimate of drug-likeness (QED) is 0.478. The van der Waals surface area contributed by atoms with Gasteiger partial charge in [0, 0.05) is 12.1 Å². The van der Waals surface area contributed by atoms with Crippen molar-refractivity contribution in [3.63, 3.8) is 0 Å². The average Bonchev–Trinajstić information content (AvgIpc) is 2.93. The average molecular weight is 371 g/mol. The molecule has 140 valence electrons. The molecule has 27 heavy (non-hydrogen) atoms. The topological polar surface area (TPSA) is 87.1 Å². The van der Waals surface area contributed by atoms with Crippen molar-refractivity contribution in [2.24, 2.45) is 0 Å². The maximum atomic E-state index is 13.3. The first-order valence-electron chi connectivity index (χ1n) is 8.27. The lowest BCUT2D eigenvalue weighted by molar-refractivity contribution is -0.140. The molecule has 0 spiro atoms. The summed E-state index contributed by atoms with van der Waals surface area (Å²) >= 11 is 0. The Balaban J connectivity index is 2.14. The van der Waals surface area contributed by atoms with Gasteiger partial charge in [0.25, 0.3) is 11.7 Å². The van der Waals surface area contributed by atoms with Crippen LogP contribution >= 0.6 is 0 Å². The number of carbonyl (C=O) groups excluding carboxylic acids is 2. The number of nitrogens with zero attached hydrogens (tertiary/aromatic N) is 1. The normalized spacial score (nSPS) is 18.8. The van der Waals surface area contributed by atoms with E-state index in [0.717, 1.165) is 0 Å². The van der Waals surface area contributed by atoms with Gasteiger partial charge >= 0.3 is 0 Å². The molecule has 1 aliphatic rings. The number of carbonyl (C=O) groups is 2. The third-order valence-corrected chi connectivity index (χ3v) is 4.43. The van der Waals surface area contributed by atoms with Gasteiger partial charge in [-0.2, -0.15) is 0 Å². The highest BCUT2D eigenvalue weighted by atomic mass is 19.1. The van der Waals surface area contributed by atoms with Crippen LogP contribution < -0.4 is 4.74 Å². The number of ketones is 1. The summed E-state index contributed by atoms with van der Waals surface area (Å²) in [5, 5.41) is 20.0. The molecule has 1 saturated heterocycles. The maximum Gasteiger partial charge on any atom is 0.295 e. The third kappa shape index (κ3) is 3.41. The molecule has 6 nitrogen and oxygen atoms in total. The lowest BCUT2D eigenvalue weighted by Crippen LogP contribution is -2.32. The Morgan fingerprint density at radius 1 is 1.11 bits per heavy atom. The van der Waals surface area contributed by atoms with Crippen LogP contribution in [-0.2, 0) is 9.59 Å². The van der Waals surface area contributed by atoms with Gasteiger partial charge in [0.05, 0.1) is 25.3 Å². The smallest absolute Gasteiger partial charge is 0.295 e. The number of rotatable bonds is 5. The predicted octanol–water partition coefficient (Wildman–Crippen LogP) is 2.25. The van der Waals surface area contributed by atoms with Gasteiger partial charge in [-0.25, -0.2) is 4.39 Å². The van der Waals surface area contributed by atoms with Crippen LogP contribution in [-0.4, -0.2) is 47.1 Å². The van der Waals surface area contributed by atoms with Gasteiger partial charge in [-0.15, -0.1) is 0 Å². The van der Waals surface area contributed by atoms with Crippen molar-refractivity contribution in [3.05, 3.63) is 71.0 Å². The summed E-state index contributed by atoms with van der Waals surface area (Å²) in [7, 11) is 1.50. The van der Waals surface area contributed by atoms with Crippen LogP contribution in [0.5, 0.6) is 5.75 Å². The summed E-state index contributed by atoms with van der Waals surface area (Å²) in [5.74, 6) is -1.92. The number of amides is 1.